The number of benzene rings is 2. The molecule has 0 radical (unpaired) electrons. The Morgan fingerprint density at radius 1 is 1.20 bits per heavy atom. The molecule has 6 nitrogen and oxygen atoms in total. The van der Waals surface area contributed by atoms with Crippen molar-refractivity contribution in [3.8, 4) is 0 Å². The summed E-state index contributed by atoms with van der Waals surface area (Å²) in [5, 5.41) is 0. The van der Waals surface area contributed by atoms with Crippen molar-refractivity contribution >= 4 is 17.9 Å². The van der Waals surface area contributed by atoms with Crippen molar-refractivity contribution in [1.82, 2.24) is 10.4 Å². The maximum Gasteiger partial charge on any atom is 0.275 e. The van der Waals surface area contributed by atoms with E-state index < -0.39 is 0 Å². The fraction of sp³-hybridized carbons (Fsp3) is 0.333. The second-order valence-corrected chi connectivity index (χ2v) is 7.59. The molecule has 3 rings (SSSR count). The van der Waals surface area contributed by atoms with Gasteiger partial charge in [0.1, 0.15) is 0 Å². The quantitative estimate of drug-likeness (QED) is 0.569. The highest BCUT2D eigenvalue weighted by atomic mass is 16.6. The monoisotopic (exact) mass is 407 g/mol. The average Bonchev–Trinajstić information content (AvgIpc) is 2.77. The van der Waals surface area contributed by atoms with Crippen molar-refractivity contribution in [2.75, 3.05) is 20.2 Å². The van der Waals surface area contributed by atoms with E-state index >= 15 is 0 Å². The molecule has 0 bridgehead atoms. The fourth-order valence-corrected chi connectivity index (χ4v) is 3.87. The van der Waals surface area contributed by atoms with Gasteiger partial charge in [-0.15, -0.1) is 0 Å². The van der Waals surface area contributed by atoms with Gasteiger partial charge in [-0.3, -0.25) is 14.4 Å². The Kier molecular flexibility index (Phi) is 7.38. The van der Waals surface area contributed by atoms with E-state index in [1.54, 1.807) is 18.2 Å². The summed E-state index contributed by atoms with van der Waals surface area (Å²) in [6.07, 6.45) is 5.31. The van der Waals surface area contributed by atoms with Gasteiger partial charge in [-0.05, 0) is 60.1 Å². The highest BCUT2D eigenvalue weighted by Gasteiger charge is 2.22. The van der Waals surface area contributed by atoms with Crippen LogP contribution < -0.4 is 11.2 Å². The van der Waals surface area contributed by atoms with Gasteiger partial charge in [-0.25, -0.2) is 5.48 Å². The molecule has 0 spiro atoms. The zero-order valence-electron chi connectivity index (χ0n) is 17.6. The van der Waals surface area contributed by atoms with Crippen molar-refractivity contribution in [2.24, 2.45) is 5.73 Å². The number of piperidine rings is 1. The molecule has 158 valence electrons. The first-order valence-electron chi connectivity index (χ1n) is 10.2. The van der Waals surface area contributed by atoms with E-state index in [1.165, 1.54) is 12.7 Å². The number of nitrogens with zero attached hydrogens (tertiary/aromatic N) is 1. The lowest BCUT2D eigenvalue weighted by Gasteiger charge is -2.31. The van der Waals surface area contributed by atoms with Gasteiger partial charge in [0.15, 0.2) is 0 Å². The van der Waals surface area contributed by atoms with Crippen LogP contribution in [-0.4, -0.2) is 36.9 Å². The predicted octanol–water partition coefficient (Wildman–Crippen LogP) is 3.16. The first-order valence-corrected chi connectivity index (χ1v) is 10.2. The molecule has 1 heterocycles. The van der Waals surface area contributed by atoms with Crippen molar-refractivity contribution in [3.63, 3.8) is 0 Å². The maximum atomic E-state index is 12.6. The lowest BCUT2D eigenvalue weighted by atomic mass is 9.88. The molecule has 0 aliphatic carbocycles. The molecule has 0 aromatic heterocycles. The molecule has 3 N–H and O–H groups in total. The summed E-state index contributed by atoms with van der Waals surface area (Å²) in [5.74, 6) is 0.197. The highest BCUT2D eigenvalue weighted by Crippen LogP contribution is 2.28. The Bertz CT molecular complexity index is 931. The van der Waals surface area contributed by atoms with E-state index in [4.69, 9.17) is 5.73 Å². The highest BCUT2D eigenvalue weighted by molar-refractivity contribution is 5.95. The summed E-state index contributed by atoms with van der Waals surface area (Å²) in [6, 6.07) is 13.9. The first-order chi connectivity index (χ1) is 14.5. The van der Waals surface area contributed by atoms with Gasteiger partial charge in [0.25, 0.3) is 5.91 Å². The number of carbonyl (C=O) groups is 2. The summed E-state index contributed by atoms with van der Waals surface area (Å²) in [6.45, 7) is 3.90. The number of rotatable bonds is 6. The van der Waals surface area contributed by atoms with Crippen LogP contribution in [0.2, 0.25) is 0 Å². The molecule has 6 heteroatoms. The molecule has 1 saturated heterocycles. The zero-order valence-corrected chi connectivity index (χ0v) is 17.6. The topological polar surface area (TPSA) is 84.7 Å². The number of aryl methyl sites for hydroxylation is 1. The molecule has 1 aliphatic rings. The predicted molar refractivity (Wildman–Crippen MR) is 118 cm³/mol. The standard InChI is InChI=1S/C24H29N3O3/c1-17-14-18(6-8-22(17)24(29)26-30-2)7-9-23(28)27-12-10-20(11-13-27)21-5-3-4-19(15-21)16-25/h3-9,14-15,20H,10-13,16,25H2,1-2H3,(H,26,29)/b9-7+. The normalized spacial score (nSPS) is 14.8. The van der Waals surface area contributed by atoms with E-state index in [9.17, 15) is 9.59 Å². The summed E-state index contributed by atoms with van der Waals surface area (Å²) < 4.78 is 0. The molecule has 2 aromatic carbocycles. The van der Waals surface area contributed by atoms with E-state index in [0.29, 0.717) is 18.0 Å². The Balaban J connectivity index is 1.57. The van der Waals surface area contributed by atoms with E-state index in [1.807, 2.05) is 30.0 Å². The van der Waals surface area contributed by atoms with Crippen LogP contribution in [0.5, 0.6) is 0 Å². The van der Waals surface area contributed by atoms with Crippen molar-refractivity contribution in [1.29, 1.82) is 0 Å². The van der Waals surface area contributed by atoms with Gasteiger partial charge in [0.05, 0.1) is 7.11 Å². The third kappa shape index (κ3) is 5.34. The lowest BCUT2D eigenvalue weighted by Crippen LogP contribution is -2.36. The summed E-state index contributed by atoms with van der Waals surface area (Å²) in [5.41, 5.74) is 12.8. The molecule has 0 atom stereocenters. The van der Waals surface area contributed by atoms with Crippen LogP contribution in [0.1, 0.15) is 51.4 Å². The van der Waals surface area contributed by atoms with Gasteiger partial charge in [-0.2, -0.15) is 0 Å². The minimum atomic E-state index is -0.290. The van der Waals surface area contributed by atoms with Crippen LogP contribution in [0.15, 0.2) is 48.5 Å². The van der Waals surface area contributed by atoms with Crippen LogP contribution in [-0.2, 0) is 16.2 Å². The van der Waals surface area contributed by atoms with Gasteiger partial charge in [0.2, 0.25) is 5.91 Å². The Morgan fingerprint density at radius 2 is 1.97 bits per heavy atom. The number of carbonyl (C=O) groups excluding carboxylic acids is 2. The summed E-state index contributed by atoms with van der Waals surface area (Å²) in [4.78, 5) is 31.1. The lowest BCUT2D eigenvalue weighted by molar-refractivity contribution is -0.126. The van der Waals surface area contributed by atoms with Crippen LogP contribution >= 0.6 is 0 Å². The molecule has 1 fully saturated rings. The largest absolute Gasteiger partial charge is 0.339 e. The Labute approximate surface area is 177 Å². The number of hydrogen-bond acceptors (Lipinski definition) is 4. The zero-order chi connectivity index (χ0) is 21.5. The van der Waals surface area contributed by atoms with E-state index in [0.717, 1.165) is 42.6 Å². The van der Waals surface area contributed by atoms with Crippen molar-refractivity contribution in [3.05, 3.63) is 76.4 Å². The molecular weight excluding hydrogens is 378 g/mol. The van der Waals surface area contributed by atoms with Gasteiger partial charge >= 0.3 is 0 Å². The SMILES string of the molecule is CONC(=O)c1ccc(/C=C/C(=O)N2CCC(c3cccc(CN)c3)CC2)cc1C. The number of hydrogen-bond donors (Lipinski definition) is 2. The number of nitrogens with one attached hydrogen (secondary N) is 1. The smallest absolute Gasteiger partial charge is 0.275 e. The van der Waals surface area contributed by atoms with Crippen molar-refractivity contribution in [2.45, 2.75) is 32.2 Å². The van der Waals surface area contributed by atoms with E-state index in [2.05, 4.69) is 28.5 Å². The molecule has 30 heavy (non-hydrogen) atoms. The molecule has 2 amide bonds. The second-order valence-electron chi connectivity index (χ2n) is 7.59. The number of likely N-dealkylation sites (tertiary alicyclic amines) is 1. The minimum absolute atomic E-state index is 0.0167. The molecule has 2 aromatic rings. The van der Waals surface area contributed by atoms with Crippen LogP contribution in [0.4, 0.5) is 0 Å². The molecule has 0 unspecified atom stereocenters. The van der Waals surface area contributed by atoms with Gasteiger partial charge in [0, 0.05) is 31.3 Å². The number of nitrogens with two attached hydrogens (primary N) is 1. The molecule has 1 aliphatic heterocycles. The summed E-state index contributed by atoms with van der Waals surface area (Å²) in [7, 11) is 1.40. The van der Waals surface area contributed by atoms with Gasteiger partial charge in [-0.1, -0.05) is 36.4 Å². The van der Waals surface area contributed by atoms with Crippen LogP contribution in [0, 0.1) is 6.92 Å². The third-order valence-electron chi connectivity index (χ3n) is 5.57. The van der Waals surface area contributed by atoms with Gasteiger partial charge < -0.3 is 10.6 Å². The van der Waals surface area contributed by atoms with Crippen molar-refractivity contribution < 1.29 is 14.4 Å². The first kappa shape index (κ1) is 21.7. The van der Waals surface area contributed by atoms with E-state index in [-0.39, 0.29) is 11.8 Å². The summed E-state index contributed by atoms with van der Waals surface area (Å²) >= 11 is 0. The van der Waals surface area contributed by atoms with Crippen LogP contribution in [0.25, 0.3) is 6.08 Å². The number of hydroxylamine groups is 1. The fourth-order valence-electron chi connectivity index (χ4n) is 3.87. The second kappa shape index (κ2) is 10.2. The molecule has 0 saturated carbocycles. The number of amides is 2. The average molecular weight is 408 g/mol. The maximum absolute atomic E-state index is 12.6. The third-order valence-corrected chi connectivity index (χ3v) is 5.57. The minimum Gasteiger partial charge on any atom is -0.339 e. The molecular formula is C24H29N3O3. The Morgan fingerprint density at radius 3 is 2.63 bits per heavy atom. The Hall–Kier alpha value is -2.96. The van der Waals surface area contributed by atoms with Crippen LogP contribution in [0.3, 0.4) is 0 Å².